The van der Waals surface area contributed by atoms with Gasteiger partial charge in [-0.25, -0.2) is 9.78 Å². The normalized spacial score (nSPS) is 17.1. The van der Waals surface area contributed by atoms with E-state index in [9.17, 15) is 4.79 Å². The minimum absolute atomic E-state index is 0.518. The Hall–Kier alpha value is -1.82. The molecule has 0 radical (unpaired) electrons. The van der Waals surface area contributed by atoms with Crippen molar-refractivity contribution in [2.75, 3.05) is 31.9 Å². The van der Waals surface area contributed by atoms with Crippen LogP contribution < -0.4 is 5.73 Å². The molecule has 6 heteroatoms. The van der Waals surface area contributed by atoms with Crippen molar-refractivity contribution in [3.63, 3.8) is 0 Å². The number of piperazine rings is 1. The van der Waals surface area contributed by atoms with Crippen molar-refractivity contribution < 1.29 is 9.90 Å². The molecule has 1 saturated heterocycles. The number of hydrogen-bond acceptors (Lipinski definition) is 4. The van der Waals surface area contributed by atoms with Crippen molar-refractivity contribution >= 4 is 11.9 Å². The van der Waals surface area contributed by atoms with Gasteiger partial charge >= 0.3 is 6.09 Å². The van der Waals surface area contributed by atoms with Crippen LogP contribution in [0.4, 0.5) is 10.6 Å². The van der Waals surface area contributed by atoms with Gasteiger partial charge in [0.25, 0.3) is 0 Å². The third-order valence-electron chi connectivity index (χ3n) is 2.90. The first-order valence-corrected chi connectivity index (χ1v) is 5.56. The van der Waals surface area contributed by atoms with Gasteiger partial charge in [0, 0.05) is 38.9 Å². The van der Waals surface area contributed by atoms with Crippen LogP contribution in [0.3, 0.4) is 0 Å². The SMILES string of the molecule is Nc1ccc(CN2CCN(C(=O)O)CC2)cn1. The number of rotatable bonds is 2. The fraction of sp³-hybridized carbons (Fsp3) is 0.455. The zero-order valence-corrected chi connectivity index (χ0v) is 9.54. The summed E-state index contributed by atoms with van der Waals surface area (Å²) in [6.07, 6.45) is 0.928. The van der Waals surface area contributed by atoms with Crippen molar-refractivity contribution in [1.29, 1.82) is 0 Å². The number of nitrogens with zero attached hydrogens (tertiary/aromatic N) is 3. The molecule has 6 nitrogen and oxygen atoms in total. The first-order valence-electron chi connectivity index (χ1n) is 5.56. The maximum atomic E-state index is 10.7. The molecule has 1 aliphatic heterocycles. The van der Waals surface area contributed by atoms with E-state index in [1.807, 2.05) is 6.07 Å². The van der Waals surface area contributed by atoms with Gasteiger partial charge in [0.2, 0.25) is 0 Å². The van der Waals surface area contributed by atoms with Gasteiger partial charge in [-0.3, -0.25) is 4.90 Å². The van der Waals surface area contributed by atoms with E-state index in [1.54, 1.807) is 12.3 Å². The van der Waals surface area contributed by atoms with Crippen molar-refractivity contribution in [3.8, 4) is 0 Å². The maximum absolute atomic E-state index is 10.7. The van der Waals surface area contributed by atoms with Crippen molar-refractivity contribution in [2.45, 2.75) is 6.54 Å². The number of nitrogens with two attached hydrogens (primary N) is 1. The molecule has 1 aromatic heterocycles. The van der Waals surface area contributed by atoms with E-state index >= 15 is 0 Å². The van der Waals surface area contributed by atoms with Crippen LogP contribution in [0.5, 0.6) is 0 Å². The van der Waals surface area contributed by atoms with Crippen molar-refractivity contribution in [2.24, 2.45) is 0 Å². The highest BCUT2D eigenvalue weighted by Crippen LogP contribution is 2.08. The molecule has 0 aromatic carbocycles. The van der Waals surface area contributed by atoms with E-state index in [-0.39, 0.29) is 0 Å². The molecule has 2 heterocycles. The van der Waals surface area contributed by atoms with Crippen LogP contribution in [0.2, 0.25) is 0 Å². The second-order valence-corrected chi connectivity index (χ2v) is 4.14. The van der Waals surface area contributed by atoms with Crippen LogP contribution in [-0.4, -0.2) is 52.2 Å². The van der Waals surface area contributed by atoms with E-state index in [2.05, 4.69) is 9.88 Å². The van der Waals surface area contributed by atoms with Gasteiger partial charge in [-0.05, 0) is 11.6 Å². The molecule has 0 spiro atoms. The largest absolute Gasteiger partial charge is 0.465 e. The van der Waals surface area contributed by atoms with E-state index in [0.717, 1.165) is 25.2 Å². The highest BCUT2D eigenvalue weighted by atomic mass is 16.4. The third-order valence-corrected chi connectivity index (χ3v) is 2.90. The molecule has 17 heavy (non-hydrogen) atoms. The minimum Gasteiger partial charge on any atom is -0.465 e. The smallest absolute Gasteiger partial charge is 0.407 e. The van der Waals surface area contributed by atoms with Gasteiger partial charge in [0.05, 0.1) is 0 Å². The van der Waals surface area contributed by atoms with Crippen LogP contribution in [0.15, 0.2) is 18.3 Å². The predicted octanol–water partition coefficient (Wildman–Crippen LogP) is 0.459. The Bertz CT molecular complexity index is 385. The molecule has 1 fully saturated rings. The molecule has 1 aromatic rings. The molecule has 1 aliphatic rings. The summed E-state index contributed by atoms with van der Waals surface area (Å²) in [6, 6.07) is 3.73. The van der Waals surface area contributed by atoms with Crippen LogP contribution in [-0.2, 0) is 6.54 Å². The zero-order chi connectivity index (χ0) is 12.3. The molecule has 2 rings (SSSR count). The molecular weight excluding hydrogens is 220 g/mol. The summed E-state index contributed by atoms with van der Waals surface area (Å²) in [7, 11) is 0. The lowest BCUT2D eigenvalue weighted by molar-refractivity contribution is 0.103. The number of amides is 1. The summed E-state index contributed by atoms with van der Waals surface area (Å²) in [5.74, 6) is 0.518. The molecule has 1 amide bonds. The van der Waals surface area contributed by atoms with Gasteiger partial charge in [-0.2, -0.15) is 0 Å². The first kappa shape index (κ1) is 11.7. The Morgan fingerprint density at radius 1 is 1.35 bits per heavy atom. The highest BCUT2D eigenvalue weighted by molar-refractivity contribution is 5.65. The number of carbonyl (C=O) groups is 1. The molecular formula is C11H16N4O2. The Morgan fingerprint density at radius 2 is 2.06 bits per heavy atom. The summed E-state index contributed by atoms with van der Waals surface area (Å²) < 4.78 is 0. The average Bonchev–Trinajstić information content (AvgIpc) is 2.33. The van der Waals surface area contributed by atoms with E-state index < -0.39 is 6.09 Å². The molecule has 0 bridgehead atoms. The monoisotopic (exact) mass is 236 g/mol. The summed E-state index contributed by atoms with van der Waals surface area (Å²) in [4.78, 5) is 18.4. The van der Waals surface area contributed by atoms with Crippen LogP contribution >= 0.6 is 0 Å². The Balaban J connectivity index is 1.85. The number of anilines is 1. The van der Waals surface area contributed by atoms with Crippen LogP contribution in [0.25, 0.3) is 0 Å². The van der Waals surface area contributed by atoms with Gasteiger partial charge in [-0.1, -0.05) is 6.07 Å². The lowest BCUT2D eigenvalue weighted by Gasteiger charge is -2.32. The second kappa shape index (κ2) is 5.01. The van der Waals surface area contributed by atoms with Crippen molar-refractivity contribution in [1.82, 2.24) is 14.8 Å². The van der Waals surface area contributed by atoms with Crippen LogP contribution in [0, 0.1) is 0 Å². The van der Waals surface area contributed by atoms with Gasteiger partial charge in [0.15, 0.2) is 0 Å². The summed E-state index contributed by atoms with van der Waals surface area (Å²) in [5.41, 5.74) is 6.61. The quantitative estimate of drug-likeness (QED) is 0.779. The highest BCUT2D eigenvalue weighted by Gasteiger charge is 2.20. The average molecular weight is 236 g/mol. The van der Waals surface area contributed by atoms with Gasteiger partial charge in [-0.15, -0.1) is 0 Å². The fourth-order valence-corrected chi connectivity index (χ4v) is 1.88. The summed E-state index contributed by atoms with van der Waals surface area (Å²) in [6.45, 7) is 3.45. The maximum Gasteiger partial charge on any atom is 0.407 e. The lowest BCUT2D eigenvalue weighted by atomic mass is 10.2. The molecule has 0 atom stereocenters. The number of carboxylic acid groups (broad SMARTS) is 1. The molecule has 92 valence electrons. The standard InChI is InChI=1S/C11H16N4O2/c12-10-2-1-9(7-13-10)8-14-3-5-15(6-4-14)11(16)17/h1-2,7H,3-6,8H2,(H2,12,13)(H,16,17). The lowest BCUT2D eigenvalue weighted by Crippen LogP contribution is -2.47. The summed E-state index contributed by atoms with van der Waals surface area (Å²) >= 11 is 0. The van der Waals surface area contributed by atoms with Gasteiger partial charge < -0.3 is 15.7 Å². The minimum atomic E-state index is -0.834. The number of aromatic nitrogens is 1. The van der Waals surface area contributed by atoms with Crippen molar-refractivity contribution in [3.05, 3.63) is 23.9 Å². The topological polar surface area (TPSA) is 82.7 Å². The Morgan fingerprint density at radius 3 is 2.59 bits per heavy atom. The van der Waals surface area contributed by atoms with E-state index in [0.29, 0.717) is 18.9 Å². The molecule has 0 saturated carbocycles. The summed E-state index contributed by atoms with van der Waals surface area (Å²) in [5, 5.41) is 8.83. The molecule has 3 N–H and O–H groups in total. The first-order chi connectivity index (χ1) is 8.15. The Kier molecular flexibility index (Phi) is 3.43. The van der Waals surface area contributed by atoms with Gasteiger partial charge in [0.1, 0.15) is 5.82 Å². The number of hydrogen-bond donors (Lipinski definition) is 2. The zero-order valence-electron chi connectivity index (χ0n) is 9.54. The Labute approximate surface area is 99.7 Å². The predicted molar refractivity (Wildman–Crippen MR) is 63.5 cm³/mol. The van der Waals surface area contributed by atoms with Crippen LogP contribution in [0.1, 0.15) is 5.56 Å². The molecule has 0 aliphatic carbocycles. The van der Waals surface area contributed by atoms with E-state index in [1.165, 1.54) is 4.90 Å². The number of nitrogen functional groups attached to an aromatic ring is 1. The third kappa shape index (κ3) is 3.07. The second-order valence-electron chi connectivity index (χ2n) is 4.14. The molecule has 0 unspecified atom stereocenters. The fourth-order valence-electron chi connectivity index (χ4n) is 1.88. The van der Waals surface area contributed by atoms with E-state index in [4.69, 9.17) is 10.8 Å². The number of pyridine rings is 1.